The number of nitrogens with one attached hydrogen (secondary N) is 2. The van der Waals surface area contributed by atoms with Crippen molar-refractivity contribution in [1.29, 1.82) is 0 Å². The number of anilines is 1. The number of amides is 2. The molecule has 0 spiro atoms. The fourth-order valence-corrected chi connectivity index (χ4v) is 3.33. The van der Waals surface area contributed by atoms with Crippen LogP contribution < -0.4 is 10.2 Å². The Kier molecular flexibility index (Phi) is 7.89. The zero-order valence-corrected chi connectivity index (χ0v) is 16.9. The third-order valence-corrected chi connectivity index (χ3v) is 5.38. The SMILES string of the molecule is COC(=O)C1CC[NH+](CC(=O)N(C)CC(=O)Nc2ccc(Cl)c(Cl)c2)CC1. The van der Waals surface area contributed by atoms with Gasteiger partial charge in [0.25, 0.3) is 5.91 Å². The van der Waals surface area contributed by atoms with Gasteiger partial charge in [0.2, 0.25) is 5.91 Å². The Morgan fingerprint density at radius 3 is 2.48 bits per heavy atom. The first kappa shape index (κ1) is 21.5. The number of benzene rings is 1. The van der Waals surface area contributed by atoms with Gasteiger partial charge in [-0.15, -0.1) is 0 Å². The minimum atomic E-state index is -0.316. The molecule has 1 aliphatic rings. The maximum atomic E-state index is 12.4. The van der Waals surface area contributed by atoms with Crippen molar-refractivity contribution in [3.63, 3.8) is 0 Å². The first-order valence-electron chi connectivity index (χ1n) is 8.70. The lowest BCUT2D eigenvalue weighted by molar-refractivity contribution is -0.898. The second-order valence-corrected chi connectivity index (χ2v) is 7.47. The zero-order chi connectivity index (χ0) is 20.0. The van der Waals surface area contributed by atoms with Gasteiger partial charge in [-0.1, -0.05) is 23.2 Å². The predicted molar refractivity (Wildman–Crippen MR) is 103 cm³/mol. The largest absolute Gasteiger partial charge is 0.469 e. The van der Waals surface area contributed by atoms with E-state index in [-0.39, 0.29) is 30.2 Å². The van der Waals surface area contributed by atoms with E-state index in [1.807, 2.05) is 0 Å². The highest BCUT2D eigenvalue weighted by Crippen LogP contribution is 2.24. The highest BCUT2D eigenvalue weighted by molar-refractivity contribution is 6.42. The van der Waals surface area contributed by atoms with Crippen LogP contribution >= 0.6 is 23.2 Å². The predicted octanol–water partition coefficient (Wildman–Crippen LogP) is 0.858. The number of nitrogens with zero attached hydrogens (tertiary/aromatic N) is 1. The van der Waals surface area contributed by atoms with Crippen LogP contribution in [0, 0.1) is 5.92 Å². The average molecular weight is 417 g/mol. The maximum Gasteiger partial charge on any atom is 0.309 e. The van der Waals surface area contributed by atoms with Crippen LogP contribution in [0.15, 0.2) is 18.2 Å². The molecule has 0 aliphatic carbocycles. The highest BCUT2D eigenvalue weighted by Gasteiger charge is 2.29. The number of ether oxygens (including phenoxy) is 1. The minimum absolute atomic E-state index is 0.0584. The number of quaternary nitrogens is 1. The second kappa shape index (κ2) is 9.92. The molecule has 0 bridgehead atoms. The van der Waals surface area contributed by atoms with E-state index in [1.165, 1.54) is 12.0 Å². The van der Waals surface area contributed by atoms with Gasteiger partial charge in [0, 0.05) is 25.6 Å². The van der Waals surface area contributed by atoms with Crippen LogP contribution in [0.3, 0.4) is 0 Å². The van der Waals surface area contributed by atoms with Crippen molar-refractivity contribution >= 4 is 46.7 Å². The summed E-state index contributed by atoms with van der Waals surface area (Å²) >= 11 is 11.8. The number of methoxy groups -OCH3 is 1. The molecule has 1 aromatic rings. The molecule has 7 nitrogen and oxygen atoms in total. The molecule has 148 valence electrons. The van der Waals surface area contributed by atoms with Gasteiger partial charge in [-0.05, 0) is 18.2 Å². The van der Waals surface area contributed by atoms with E-state index in [4.69, 9.17) is 27.9 Å². The molecule has 2 rings (SSSR count). The summed E-state index contributed by atoms with van der Waals surface area (Å²) < 4.78 is 4.77. The molecule has 0 aromatic heterocycles. The molecular formula is C18H24Cl2N3O4+. The van der Waals surface area contributed by atoms with Gasteiger partial charge in [-0.2, -0.15) is 0 Å². The van der Waals surface area contributed by atoms with Gasteiger partial charge in [0.1, 0.15) is 0 Å². The molecule has 0 unspecified atom stereocenters. The fourth-order valence-electron chi connectivity index (χ4n) is 3.03. The minimum Gasteiger partial charge on any atom is -0.469 e. The fraction of sp³-hybridized carbons (Fsp3) is 0.500. The first-order valence-corrected chi connectivity index (χ1v) is 9.46. The molecule has 0 saturated carbocycles. The van der Waals surface area contributed by atoms with Crippen LogP contribution in [-0.2, 0) is 19.1 Å². The Hall–Kier alpha value is -1.83. The molecule has 0 atom stereocenters. The number of carbonyl (C=O) groups is 3. The summed E-state index contributed by atoms with van der Waals surface area (Å²) in [7, 11) is 2.99. The Bertz CT molecular complexity index is 706. The molecule has 9 heteroatoms. The Morgan fingerprint density at radius 1 is 1.22 bits per heavy atom. The smallest absolute Gasteiger partial charge is 0.309 e. The van der Waals surface area contributed by atoms with E-state index in [9.17, 15) is 14.4 Å². The van der Waals surface area contributed by atoms with Crippen molar-refractivity contribution in [3.8, 4) is 0 Å². The Morgan fingerprint density at radius 2 is 1.89 bits per heavy atom. The summed E-state index contributed by atoms with van der Waals surface area (Å²) in [5, 5.41) is 3.44. The molecule has 2 N–H and O–H groups in total. The average Bonchev–Trinajstić information content (AvgIpc) is 2.64. The Balaban J connectivity index is 1.77. The first-order chi connectivity index (χ1) is 12.8. The van der Waals surface area contributed by atoms with Gasteiger partial charge in [-0.3, -0.25) is 14.4 Å². The Labute approximate surface area is 168 Å². The summed E-state index contributed by atoms with van der Waals surface area (Å²) in [6.45, 7) is 1.70. The lowest BCUT2D eigenvalue weighted by Gasteiger charge is -2.28. The molecule has 1 saturated heterocycles. The second-order valence-electron chi connectivity index (χ2n) is 6.65. The lowest BCUT2D eigenvalue weighted by Crippen LogP contribution is -3.14. The molecule has 1 aromatic carbocycles. The van der Waals surface area contributed by atoms with Crippen molar-refractivity contribution in [2.75, 3.05) is 45.7 Å². The van der Waals surface area contributed by atoms with Crippen LogP contribution in [0.5, 0.6) is 0 Å². The number of carbonyl (C=O) groups excluding carboxylic acids is 3. The standard InChI is InChI=1S/C18H23Cl2N3O4/c1-22(10-16(24)21-13-3-4-14(19)15(20)9-13)17(25)11-23-7-5-12(6-8-23)18(26)27-2/h3-4,9,12H,5-8,10-11H2,1-2H3,(H,21,24)/p+1. The van der Waals surface area contributed by atoms with Gasteiger partial charge in [-0.25, -0.2) is 0 Å². The van der Waals surface area contributed by atoms with E-state index in [0.29, 0.717) is 35.1 Å². The third kappa shape index (κ3) is 6.37. The molecule has 1 heterocycles. The van der Waals surface area contributed by atoms with Crippen molar-refractivity contribution in [2.45, 2.75) is 12.8 Å². The molecular weight excluding hydrogens is 393 g/mol. The van der Waals surface area contributed by atoms with Crippen LogP contribution in [0.25, 0.3) is 0 Å². The van der Waals surface area contributed by atoms with Gasteiger partial charge >= 0.3 is 5.97 Å². The molecule has 1 aliphatic heterocycles. The number of halogens is 2. The number of likely N-dealkylation sites (tertiary alicyclic amines) is 1. The zero-order valence-electron chi connectivity index (χ0n) is 15.4. The number of likely N-dealkylation sites (N-methyl/N-ethyl adjacent to an activating group) is 1. The van der Waals surface area contributed by atoms with E-state index >= 15 is 0 Å². The molecule has 27 heavy (non-hydrogen) atoms. The van der Waals surface area contributed by atoms with E-state index in [1.54, 1.807) is 25.2 Å². The van der Waals surface area contributed by atoms with Crippen molar-refractivity contribution in [2.24, 2.45) is 5.92 Å². The summed E-state index contributed by atoms with van der Waals surface area (Å²) in [6.07, 6.45) is 1.41. The van der Waals surface area contributed by atoms with Gasteiger partial charge < -0.3 is 19.9 Å². The van der Waals surface area contributed by atoms with Crippen LogP contribution in [-0.4, -0.2) is 63.0 Å². The number of esters is 1. The van der Waals surface area contributed by atoms with E-state index in [0.717, 1.165) is 18.0 Å². The number of rotatable bonds is 6. The topological polar surface area (TPSA) is 80.2 Å². The molecule has 2 amide bonds. The van der Waals surface area contributed by atoms with Gasteiger partial charge in [0.15, 0.2) is 6.54 Å². The number of hydrogen-bond acceptors (Lipinski definition) is 4. The van der Waals surface area contributed by atoms with Crippen LogP contribution in [0.2, 0.25) is 10.0 Å². The van der Waals surface area contributed by atoms with Crippen molar-refractivity contribution in [3.05, 3.63) is 28.2 Å². The maximum absolute atomic E-state index is 12.4. The number of piperidine rings is 1. The lowest BCUT2D eigenvalue weighted by atomic mass is 9.97. The summed E-state index contributed by atoms with van der Waals surface area (Å²) in [5.74, 6) is -0.700. The summed E-state index contributed by atoms with van der Waals surface area (Å²) in [4.78, 5) is 38.5. The normalized spacial score (nSPS) is 19.3. The quantitative estimate of drug-likeness (QED) is 0.673. The highest BCUT2D eigenvalue weighted by atomic mass is 35.5. The molecule has 0 radical (unpaired) electrons. The van der Waals surface area contributed by atoms with E-state index in [2.05, 4.69) is 5.32 Å². The van der Waals surface area contributed by atoms with Crippen LogP contribution in [0.4, 0.5) is 5.69 Å². The third-order valence-electron chi connectivity index (χ3n) is 4.64. The van der Waals surface area contributed by atoms with Crippen molar-refractivity contribution in [1.82, 2.24) is 4.90 Å². The summed E-state index contributed by atoms with van der Waals surface area (Å²) in [6, 6.07) is 4.79. The van der Waals surface area contributed by atoms with Gasteiger partial charge in [0.05, 0.1) is 42.7 Å². The van der Waals surface area contributed by atoms with Crippen LogP contribution in [0.1, 0.15) is 12.8 Å². The van der Waals surface area contributed by atoms with E-state index < -0.39 is 0 Å². The molecule has 1 fully saturated rings. The summed E-state index contributed by atoms with van der Waals surface area (Å²) in [5.41, 5.74) is 0.519. The number of hydrogen-bond donors (Lipinski definition) is 2. The monoisotopic (exact) mass is 416 g/mol. The van der Waals surface area contributed by atoms with Crippen molar-refractivity contribution < 1.29 is 24.0 Å².